The van der Waals surface area contributed by atoms with Gasteiger partial charge in [0.15, 0.2) is 0 Å². The van der Waals surface area contributed by atoms with Crippen molar-refractivity contribution in [3.63, 3.8) is 0 Å². The zero-order chi connectivity index (χ0) is 20.5. The number of halogens is 4. The fourth-order valence-electron chi connectivity index (χ4n) is 1.40. The lowest BCUT2D eigenvalue weighted by atomic mass is 10.1. The molecular weight excluding hydrogens is 407 g/mol. The first-order chi connectivity index (χ1) is 11.9. The maximum atomic E-state index is 13.2. The first-order valence-corrected chi connectivity index (χ1v) is 8.36. The summed E-state index contributed by atoms with van der Waals surface area (Å²) in [5.41, 5.74) is 2.16. The number of hydrogen-bond donors (Lipinski definition) is 5. The van der Waals surface area contributed by atoms with Gasteiger partial charge in [0.25, 0.3) is 0 Å². The van der Waals surface area contributed by atoms with Gasteiger partial charge in [0, 0.05) is 12.2 Å². The van der Waals surface area contributed by atoms with Crippen molar-refractivity contribution in [2.24, 2.45) is 5.73 Å². The molecule has 0 heterocycles. The Balaban J connectivity index is 4.85. The van der Waals surface area contributed by atoms with Crippen LogP contribution in [0, 0.1) is 0 Å². The molecule has 0 aromatic carbocycles. The van der Waals surface area contributed by atoms with Crippen LogP contribution >= 0.6 is 23.4 Å². The SMILES string of the molecule is NC(CCC(=O)NC(CSC(F)(F)C(F)Cl)C(=O)NCC(=O)O)C(=O)O. The summed E-state index contributed by atoms with van der Waals surface area (Å²) < 4.78 is 39.0. The molecule has 0 bridgehead atoms. The Morgan fingerprint density at radius 2 is 1.81 bits per heavy atom. The van der Waals surface area contributed by atoms with Gasteiger partial charge in [-0.1, -0.05) is 23.4 Å². The van der Waals surface area contributed by atoms with E-state index < -0.39 is 65.4 Å². The maximum Gasteiger partial charge on any atom is 0.338 e. The molecule has 6 N–H and O–H groups in total. The molecule has 2 amide bonds. The van der Waals surface area contributed by atoms with Crippen LogP contribution in [0.5, 0.6) is 0 Å². The van der Waals surface area contributed by atoms with Crippen LogP contribution in [0.4, 0.5) is 13.2 Å². The summed E-state index contributed by atoms with van der Waals surface area (Å²) in [4.78, 5) is 44.5. The molecule has 0 aliphatic carbocycles. The van der Waals surface area contributed by atoms with Crippen molar-refractivity contribution in [2.45, 2.75) is 35.8 Å². The topological polar surface area (TPSA) is 159 Å². The number of nitrogens with two attached hydrogens (primary N) is 1. The Labute approximate surface area is 154 Å². The fourth-order valence-corrected chi connectivity index (χ4v) is 2.34. The van der Waals surface area contributed by atoms with Gasteiger partial charge in [0.1, 0.15) is 18.6 Å². The summed E-state index contributed by atoms with van der Waals surface area (Å²) in [6.45, 7) is -0.836. The Bertz CT molecular complexity index is 540. The van der Waals surface area contributed by atoms with Crippen molar-refractivity contribution in [1.82, 2.24) is 10.6 Å². The monoisotopic (exact) mass is 423 g/mol. The second kappa shape index (κ2) is 11.1. The third-order valence-corrected chi connectivity index (χ3v) is 4.26. The molecule has 0 saturated carbocycles. The number of alkyl halides is 4. The molecule has 26 heavy (non-hydrogen) atoms. The molecule has 150 valence electrons. The molecule has 0 fully saturated rings. The Hall–Kier alpha value is -1.73. The molecule has 0 saturated heterocycles. The number of nitrogens with one attached hydrogen (secondary N) is 2. The lowest BCUT2D eigenvalue weighted by Crippen LogP contribution is -2.50. The number of rotatable bonds is 12. The fraction of sp³-hybridized carbons (Fsp3) is 0.667. The molecule has 0 radical (unpaired) electrons. The third-order valence-electron chi connectivity index (χ3n) is 2.76. The Morgan fingerprint density at radius 1 is 1.23 bits per heavy atom. The van der Waals surface area contributed by atoms with Crippen molar-refractivity contribution in [1.29, 1.82) is 0 Å². The minimum absolute atomic E-state index is 0.290. The highest BCUT2D eigenvalue weighted by Gasteiger charge is 2.41. The summed E-state index contributed by atoms with van der Waals surface area (Å²) >= 11 is 4.33. The number of carbonyl (C=O) groups excluding carboxylic acids is 2. The van der Waals surface area contributed by atoms with E-state index in [0.29, 0.717) is 0 Å². The third kappa shape index (κ3) is 9.68. The summed E-state index contributed by atoms with van der Waals surface area (Å²) in [5, 5.41) is 17.0. The van der Waals surface area contributed by atoms with Gasteiger partial charge in [-0.15, -0.1) is 0 Å². The largest absolute Gasteiger partial charge is 0.480 e. The summed E-state index contributed by atoms with van der Waals surface area (Å²) in [5.74, 6) is -5.58. The van der Waals surface area contributed by atoms with Crippen molar-refractivity contribution < 1.29 is 42.6 Å². The lowest BCUT2D eigenvalue weighted by Gasteiger charge is -2.21. The van der Waals surface area contributed by atoms with E-state index in [4.69, 9.17) is 15.9 Å². The van der Waals surface area contributed by atoms with Crippen LogP contribution in [-0.2, 0) is 19.2 Å². The summed E-state index contributed by atoms with van der Waals surface area (Å²) in [7, 11) is 0. The van der Waals surface area contributed by atoms with E-state index in [-0.39, 0.29) is 18.2 Å². The molecule has 3 unspecified atom stereocenters. The van der Waals surface area contributed by atoms with Gasteiger partial charge >= 0.3 is 17.2 Å². The van der Waals surface area contributed by atoms with E-state index in [1.807, 2.05) is 10.6 Å². The second-order valence-electron chi connectivity index (χ2n) is 4.89. The highest BCUT2D eigenvalue weighted by Crippen LogP contribution is 2.36. The number of amides is 2. The van der Waals surface area contributed by atoms with E-state index in [1.54, 1.807) is 0 Å². The van der Waals surface area contributed by atoms with Crippen molar-refractivity contribution >= 4 is 47.1 Å². The minimum atomic E-state index is -4.05. The predicted molar refractivity (Wildman–Crippen MR) is 85.6 cm³/mol. The van der Waals surface area contributed by atoms with Crippen LogP contribution in [0.1, 0.15) is 12.8 Å². The second-order valence-corrected chi connectivity index (χ2v) is 6.44. The van der Waals surface area contributed by atoms with Crippen LogP contribution in [0.2, 0.25) is 0 Å². The summed E-state index contributed by atoms with van der Waals surface area (Å²) in [6, 6.07) is -2.98. The minimum Gasteiger partial charge on any atom is -0.480 e. The van der Waals surface area contributed by atoms with Gasteiger partial charge in [-0.3, -0.25) is 19.2 Å². The highest BCUT2D eigenvalue weighted by molar-refractivity contribution is 8.00. The van der Waals surface area contributed by atoms with Crippen LogP contribution in [0.3, 0.4) is 0 Å². The van der Waals surface area contributed by atoms with Crippen LogP contribution in [-0.4, -0.2) is 69.2 Å². The lowest BCUT2D eigenvalue weighted by molar-refractivity contribution is -0.139. The molecular formula is C12H17ClF3N3O6S. The van der Waals surface area contributed by atoms with E-state index in [9.17, 15) is 32.3 Å². The Kier molecular flexibility index (Phi) is 10.3. The van der Waals surface area contributed by atoms with E-state index >= 15 is 0 Å². The average molecular weight is 424 g/mol. The molecule has 3 atom stereocenters. The van der Waals surface area contributed by atoms with Crippen molar-refractivity contribution in [2.75, 3.05) is 12.3 Å². The van der Waals surface area contributed by atoms with Gasteiger partial charge in [0.2, 0.25) is 17.4 Å². The first kappa shape index (κ1) is 24.3. The van der Waals surface area contributed by atoms with Crippen LogP contribution in [0.25, 0.3) is 0 Å². The van der Waals surface area contributed by atoms with Crippen molar-refractivity contribution in [3.8, 4) is 0 Å². The van der Waals surface area contributed by atoms with Gasteiger partial charge in [-0.2, -0.15) is 8.78 Å². The quantitative estimate of drug-likeness (QED) is 0.268. The maximum absolute atomic E-state index is 13.2. The first-order valence-electron chi connectivity index (χ1n) is 6.94. The Morgan fingerprint density at radius 3 is 2.27 bits per heavy atom. The van der Waals surface area contributed by atoms with E-state index in [2.05, 4.69) is 11.6 Å². The standard InChI is InChI=1S/C12H17ClF3N3O6S/c13-11(14)12(15,16)26-4-6(9(23)18-3-8(21)22)19-7(20)2-1-5(17)10(24)25/h5-6,11H,1-4,17H2,(H,18,23)(H,19,20)(H,21,22)(H,24,25). The number of carboxylic acids is 2. The van der Waals surface area contributed by atoms with Crippen LogP contribution < -0.4 is 16.4 Å². The van der Waals surface area contributed by atoms with Gasteiger partial charge < -0.3 is 26.6 Å². The number of hydrogen-bond acceptors (Lipinski definition) is 6. The molecule has 0 rings (SSSR count). The number of thioether (sulfide) groups is 1. The molecule has 14 heteroatoms. The van der Waals surface area contributed by atoms with Gasteiger partial charge in [0.05, 0.1) is 0 Å². The molecule has 0 aromatic heterocycles. The number of aliphatic carboxylic acids is 2. The average Bonchev–Trinajstić information content (AvgIpc) is 2.53. The highest BCUT2D eigenvalue weighted by atomic mass is 35.5. The molecule has 0 spiro atoms. The molecule has 0 aliphatic rings. The molecule has 9 nitrogen and oxygen atoms in total. The van der Waals surface area contributed by atoms with Crippen molar-refractivity contribution in [3.05, 3.63) is 0 Å². The predicted octanol–water partition coefficient (Wildman–Crippen LogP) is -0.275. The van der Waals surface area contributed by atoms with Gasteiger partial charge in [-0.05, 0) is 6.42 Å². The number of carbonyl (C=O) groups is 4. The van der Waals surface area contributed by atoms with Crippen LogP contribution in [0.15, 0.2) is 0 Å². The molecule has 0 aliphatic heterocycles. The summed E-state index contributed by atoms with van der Waals surface area (Å²) in [6.07, 6.45) is -0.722. The van der Waals surface area contributed by atoms with E-state index in [0.717, 1.165) is 0 Å². The zero-order valence-corrected chi connectivity index (χ0v) is 14.7. The normalized spacial score (nSPS) is 14.8. The van der Waals surface area contributed by atoms with E-state index in [1.165, 1.54) is 0 Å². The zero-order valence-electron chi connectivity index (χ0n) is 13.1. The number of carboxylic acid groups (broad SMARTS) is 2. The van der Waals surface area contributed by atoms with Gasteiger partial charge in [-0.25, -0.2) is 4.39 Å². The smallest absolute Gasteiger partial charge is 0.338 e. The molecule has 0 aromatic rings.